The van der Waals surface area contributed by atoms with E-state index < -0.39 is 10.8 Å². The molecule has 11 heavy (non-hydrogen) atoms. The molecule has 1 aliphatic heterocycles. The van der Waals surface area contributed by atoms with E-state index in [9.17, 15) is 4.21 Å². The van der Waals surface area contributed by atoms with Crippen molar-refractivity contribution >= 4 is 10.8 Å². The minimum Gasteiger partial charge on any atom is -0.412 e. The molecular formula is C7H16O3S. The third kappa shape index (κ3) is 3.31. The maximum atomic E-state index is 11.2. The van der Waals surface area contributed by atoms with Gasteiger partial charge in [0.05, 0.1) is 11.9 Å². The van der Waals surface area contributed by atoms with Crippen LogP contribution in [0.25, 0.3) is 0 Å². The van der Waals surface area contributed by atoms with Crippen molar-refractivity contribution in [1.29, 1.82) is 0 Å². The Labute approximate surface area is 69.9 Å². The van der Waals surface area contributed by atoms with Gasteiger partial charge in [-0.3, -0.25) is 4.21 Å². The Kier molecular flexibility index (Phi) is 5.72. The van der Waals surface area contributed by atoms with E-state index in [-0.39, 0.29) is 5.48 Å². The Morgan fingerprint density at radius 1 is 1.55 bits per heavy atom. The second-order valence-corrected chi connectivity index (χ2v) is 4.49. The van der Waals surface area contributed by atoms with Crippen molar-refractivity contribution in [3.63, 3.8) is 0 Å². The second-order valence-electron chi connectivity index (χ2n) is 2.66. The first-order valence-electron chi connectivity index (χ1n) is 3.70. The first-order chi connectivity index (χ1) is 4.84. The molecule has 1 aliphatic rings. The van der Waals surface area contributed by atoms with Gasteiger partial charge in [-0.25, -0.2) is 0 Å². The number of hydrogen-bond acceptors (Lipinski definition) is 2. The quantitative estimate of drug-likeness (QED) is 0.605. The largest absolute Gasteiger partial charge is 0.412 e. The van der Waals surface area contributed by atoms with Crippen molar-refractivity contribution in [2.24, 2.45) is 0 Å². The summed E-state index contributed by atoms with van der Waals surface area (Å²) in [4.78, 5) is 0. The van der Waals surface area contributed by atoms with Gasteiger partial charge in [0.15, 0.2) is 0 Å². The van der Waals surface area contributed by atoms with Gasteiger partial charge in [0.1, 0.15) is 0 Å². The highest BCUT2D eigenvalue weighted by Gasteiger charge is 2.19. The molecule has 0 aromatic rings. The van der Waals surface area contributed by atoms with E-state index in [4.69, 9.17) is 4.74 Å². The fraction of sp³-hybridized carbons (Fsp3) is 1.00. The van der Waals surface area contributed by atoms with E-state index in [1.54, 1.807) is 7.11 Å². The smallest absolute Gasteiger partial charge is 0.0606 e. The van der Waals surface area contributed by atoms with Gasteiger partial charge in [-0.15, -0.1) is 0 Å². The monoisotopic (exact) mass is 180 g/mol. The average Bonchev–Trinajstić information content (AvgIpc) is 1.94. The van der Waals surface area contributed by atoms with Crippen LogP contribution in [0, 0.1) is 0 Å². The Morgan fingerprint density at radius 2 is 2.27 bits per heavy atom. The van der Waals surface area contributed by atoms with E-state index in [0.717, 1.165) is 18.6 Å². The molecule has 2 atom stereocenters. The van der Waals surface area contributed by atoms with Crippen LogP contribution in [0.3, 0.4) is 0 Å². The molecule has 0 bridgehead atoms. The van der Waals surface area contributed by atoms with Crippen LogP contribution in [-0.4, -0.2) is 34.4 Å². The summed E-state index contributed by atoms with van der Waals surface area (Å²) in [5, 5.41) is 0.318. The lowest BCUT2D eigenvalue weighted by atomic mass is 10.2. The Balaban J connectivity index is 0.000001000. The molecule has 1 saturated heterocycles. The summed E-state index contributed by atoms with van der Waals surface area (Å²) in [6, 6.07) is 0. The predicted octanol–water partition coefficient (Wildman–Crippen LogP) is 0.109. The van der Waals surface area contributed by atoms with Crippen LogP contribution in [0.4, 0.5) is 0 Å². The van der Waals surface area contributed by atoms with Crippen molar-refractivity contribution in [1.82, 2.24) is 0 Å². The van der Waals surface area contributed by atoms with Crippen molar-refractivity contribution in [3.8, 4) is 0 Å². The van der Waals surface area contributed by atoms with Gasteiger partial charge in [0.25, 0.3) is 0 Å². The van der Waals surface area contributed by atoms with Crippen LogP contribution in [0.1, 0.15) is 19.3 Å². The summed E-state index contributed by atoms with van der Waals surface area (Å²) >= 11 is 0. The van der Waals surface area contributed by atoms with Crippen LogP contribution < -0.4 is 0 Å². The molecule has 1 fully saturated rings. The summed E-state index contributed by atoms with van der Waals surface area (Å²) < 4.78 is 16.2. The number of ether oxygens (including phenoxy) is 1. The maximum absolute atomic E-state index is 11.2. The molecule has 3 nitrogen and oxygen atoms in total. The molecule has 0 amide bonds. The van der Waals surface area contributed by atoms with E-state index in [2.05, 4.69) is 0 Å². The van der Waals surface area contributed by atoms with Gasteiger partial charge < -0.3 is 10.2 Å². The molecule has 0 saturated carbocycles. The van der Waals surface area contributed by atoms with Crippen molar-refractivity contribution in [3.05, 3.63) is 0 Å². The summed E-state index contributed by atoms with van der Waals surface area (Å²) in [5.74, 6) is 0.883. The third-order valence-corrected chi connectivity index (χ3v) is 3.65. The Hall–Kier alpha value is 0.0700. The number of rotatable bonds is 2. The summed E-state index contributed by atoms with van der Waals surface area (Å²) in [5.41, 5.74) is 0. The van der Waals surface area contributed by atoms with Gasteiger partial charge in [-0.05, 0) is 12.8 Å². The molecule has 2 N–H and O–H groups in total. The molecule has 0 aromatic heterocycles. The zero-order chi connectivity index (χ0) is 7.40. The lowest BCUT2D eigenvalue weighted by molar-refractivity contribution is 0.194. The van der Waals surface area contributed by atoms with Crippen molar-refractivity contribution in [2.45, 2.75) is 24.5 Å². The van der Waals surface area contributed by atoms with Crippen LogP contribution >= 0.6 is 0 Å². The van der Waals surface area contributed by atoms with E-state index in [1.165, 1.54) is 6.42 Å². The van der Waals surface area contributed by atoms with Crippen LogP contribution in [0.5, 0.6) is 0 Å². The molecule has 1 heterocycles. The van der Waals surface area contributed by atoms with Gasteiger partial charge in [0.2, 0.25) is 0 Å². The van der Waals surface area contributed by atoms with Gasteiger partial charge >= 0.3 is 0 Å². The average molecular weight is 180 g/mol. The van der Waals surface area contributed by atoms with E-state index >= 15 is 0 Å². The molecule has 0 aliphatic carbocycles. The minimum absolute atomic E-state index is 0. The number of methoxy groups -OCH3 is 1. The van der Waals surface area contributed by atoms with Crippen molar-refractivity contribution < 1.29 is 14.4 Å². The van der Waals surface area contributed by atoms with E-state index in [1.807, 2.05) is 0 Å². The molecule has 68 valence electrons. The standard InChI is InChI=1S/C7H14O2S.H2O/c1-9-6-7-4-2-3-5-10(7)8;/h7H,2-6H2,1H3;1H2. The fourth-order valence-electron chi connectivity index (χ4n) is 1.26. The maximum Gasteiger partial charge on any atom is 0.0606 e. The third-order valence-electron chi connectivity index (χ3n) is 1.85. The number of hydrogen-bond donors (Lipinski definition) is 0. The highest BCUT2D eigenvalue weighted by molar-refractivity contribution is 7.85. The Bertz CT molecular complexity index is 125. The lowest BCUT2D eigenvalue weighted by Gasteiger charge is -2.19. The first kappa shape index (κ1) is 11.1. The second kappa shape index (κ2) is 5.69. The summed E-state index contributed by atoms with van der Waals surface area (Å²) in [7, 11) is 1.07. The molecular weight excluding hydrogens is 164 g/mol. The van der Waals surface area contributed by atoms with Gasteiger partial charge in [-0.1, -0.05) is 6.42 Å². The molecule has 0 radical (unpaired) electrons. The minimum atomic E-state index is -0.603. The topological polar surface area (TPSA) is 57.8 Å². The van der Waals surface area contributed by atoms with Gasteiger partial charge in [-0.2, -0.15) is 0 Å². The van der Waals surface area contributed by atoms with Crippen LogP contribution in [-0.2, 0) is 15.5 Å². The highest BCUT2D eigenvalue weighted by Crippen LogP contribution is 2.15. The predicted molar refractivity (Wildman–Crippen MR) is 46.1 cm³/mol. The normalized spacial score (nSPS) is 31.0. The highest BCUT2D eigenvalue weighted by atomic mass is 32.2. The summed E-state index contributed by atoms with van der Waals surface area (Å²) in [6.07, 6.45) is 3.44. The molecule has 4 heteroatoms. The van der Waals surface area contributed by atoms with E-state index in [0.29, 0.717) is 11.9 Å². The molecule has 1 rings (SSSR count). The first-order valence-corrected chi connectivity index (χ1v) is 5.09. The zero-order valence-corrected chi connectivity index (χ0v) is 7.65. The molecule has 2 unspecified atom stereocenters. The van der Waals surface area contributed by atoms with Crippen LogP contribution in [0.2, 0.25) is 0 Å². The lowest BCUT2D eigenvalue weighted by Crippen LogP contribution is -2.26. The SMILES string of the molecule is COCC1CCCCS1=O.O. The van der Waals surface area contributed by atoms with Crippen LogP contribution in [0.15, 0.2) is 0 Å². The van der Waals surface area contributed by atoms with Crippen molar-refractivity contribution in [2.75, 3.05) is 19.5 Å². The van der Waals surface area contributed by atoms with Gasteiger partial charge in [0, 0.05) is 23.7 Å². The fourth-order valence-corrected chi connectivity index (χ4v) is 2.80. The molecule has 0 aromatic carbocycles. The zero-order valence-electron chi connectivity index (χ0n) is 6.84. The Morgan fingerprint density at radius 3 is 2.82 bits per heavy atom. The summed E-state index contributed by atoms with van der Waals surface area (Å²) in [6.45, 7) is 0.673. The molecule has 0 spiro atoms.